The van der Waals surface area contributed by atoms with Gasteiger partial charge in [-0.25, -0.2) is 0 Å². The van der Waals surface area contributed by atoms with Crippen molar-refractivity contribution in [3.8, 4) is 5.75 Å². The largest absolute Gasteiger partial charge is 0.491 e. The van der Waals surface area contributed by atoms with Crippen molar-refractivity contribution in [3.05, 3.63) is 36.0 Å². The monoisotopic (exact) mass is 258 g/mol. The molecule has 0 radical (unpaired) electrons. The van der Waals surface area contributed by atoms with Gasteiger partial charge in [0.2, 0.25) is 0 Å². The molecule has 0 aliphatic carbocycles. The van der Waals surface area contributed by atoms with Gasteiger partial charge in [-0.15, -0.1) is 0 Å². The Bertz CT molecular complexity index is 539. The van der Waals surface area contributed by atoms with Gasteiger partial charge in [-0.05, 0) is 30.5 Å². The number of aromatic nitrogens is 1. The van der Waals surface area contributed by atoms with Crippen LogP contribution in [-0.2, 0) is 0 Å². The van der Waals surface area contributed by atoms with Crippen molar-refractivity contribution in [2.24, 2.45) is 5.73 Å². The topological polar surface area (TPSA) is 48.1 Å². The Labute approximate surface area is 114 Å². The minimum atomic E-state index is 0.0666. The fourth-order valence-corrected chi connectivity index (χ4v) is 2.29. The number of pyridine rings is 1. The van der Waals surface area contributed by atoms with Crippen molar-refractivity contribution in [1.82, 2.24) is 4.98 Å². The van der Waals surface area contributed by atoms with E-state index in [1.807, 2.05) is 12.1 Å². The van der Waals surface area contributed by atoms with Crippen LogP contribution >= 0.6 is 0 Å². The maximum atomic E-state index is 6.25. The predicted octanol–water partition coefficient (Wildman–Crippen LogP) is 3.82. The van der Waals surface area contributed by atoms with Crippen molar-refractivity contribution in [3.63, 3.8) is 0 Å². The third-order valence-electron chi connectivity index (χ3n) is 3.23. The lowest BCUT2D eigenvalue weighted by atomic mass is 9.98. The molecule has 1 unspecified atom stereocenters. The molecule has 3 nitrogen and oxygen atoms in total. The van der Waals surface area contributed by atoms with E-state index in [2.05, 4.69) is 31.0 Å². The average Bonchev–Trinajstić information content (AvgIpc) is 2.45. The second kappa shape index (κ2) is 6.53. The SMILES string of the molecule is CCCOc1ccc(C(N)CCC)c2cccnc12. The molecule has 1 heterocycles. The van der Waals surface area contributed by atoms with Gasteiger partial charge in [0, 0.05) is 17.6 Å². The Balaban J connectivity index is 2.45. The maximum absolute atomic E-state index is 6.25. The summed E-state index contributed by atoms with van der Waals surface area (Å²) in [7, 11) is 0. The highest BCUT2D eigenvalue weighted by Gasteiger charge is 2.12. The molecule has 2 aromatic rings. The minimum Gasteiger partial charge on any atom is -0.491 e. The molecule has 19 heavy (non-hydrogen) atoms. The molecule has 0 spiro atoms. The Kier molecular flexibility index (Phi) is 4.74. The van der Waals surface area contributed by atoms with E-state index in [0.29, 0.717) is 6.61 Å². The number of nitrogens with zero attached hydrogens (tertiary/aromatic N) is 1. The molecule has 0 aliphatic rings. The van der Waals surface area contributed by atoms with Crippen LogP contribution in [0.25, 0.3) is 10.9 Å². The van der Waals surface area contributed by atoms with Crippen LogP contribution in [-0.4, -0.2) is 11.6 Å². The van der Waals surface area contributed by atoms with E-state index in [-0.39, 0.29) is 6.04 Å². The lowest BCUT2D eigenvalue weighted by Crippen LogP contribution is -2.10. The van der Waals surface area contributed by atoms with Gasteiger partial charge in [0.25, 0.3) is 0 Å². The van der Waals surface area contributed by atoms with Gasteiger partial charge >= 0.3 is 0 Å². The first-order chi connectivity index (χ1) is 9.27. The molecule has 2 N–H and O–H groups in total. The van der Waals surface area contributed by atoms with E-state index in [4.69, 9.17) is 10.5 Å². The van der Waals surface area contributed by atoms with Crippen LogP contribution in [0.3, 0.4) is 0 Å². The van der Waals surface area contributed by atoms with E-state index in [1.54, 1.807) is 6.20 Å². The number of rotatable bonds is 6. The lowest BCUT2D eigenvalue weighted by molar-refractivity contribution is 0.320. The average molecular weight is 258 g/mol. The molecule has 2 rings (SSSR count). The van der Waals surface area contributed by atoms with Gasteiger partial charge in [0.15, 0.2) is 0 Å². The molecule has 0 aliphatic heterocycles. The van der Waals surface area contributed by atoms with Crippen LogP contribution in [0.4, 0.5) is 0 Å². The molecular weight excluding hydrogens is 236 g/mol. The van der Waals surface area contributed by atoms with Crippen LogP contribution in [0.1, 0.15) is 44.7 Å². The zero-order valence-electron chi connectivity index (χ0n) is 11.7. The summed E-state index contributed by atoms with van der Waals surface area (Å²) in [6.07, 6.45) is 4.86. The summed E-state index contributed by atoms with van der Waals surface area (Å²) in [6, 6.07) is 8.17. The number of benzene rings is 1. The molecule has 3 heteroatoms. The standard InChI is InChI=1S/C16H22N2O/c1-3-6-14(17)12-8-9-15(19-11-4-2)16-13(12)7-5-10-18-16/h5,7-10,14H,3-4,6,11,17H2,1-2H3. The molecule has 0 fully saturated rings. The summed E-state index contributed by atoms with van der Waals surface area (Å²) in [6.45, 7) is 4.96. The van der Waals surface area contributed by atoms with Gasteiger partial charge < -0.3 is 10.5 Å². The first-order valence-corrected chi connectivity index (χ1v) is 7.04. The van der Waals surface area contributed by atoms with Crippen molar-refractivity contribution < 1.29 is 4.74 Å². The zero-order valence-corrected chi connectivity index (χ0v) is 11.7. The Hall–Kier alpha value is -1.61. The minimum absolute atomic E-state index is 0.0666. The second-order valence-corrected chi connectivity index (χ2v) is 4.80. The van der Waals surface area contributed by atoms with Crippen LogP contribution in [0.5, 0.6) is 5.75 Å². The van der Waals surface area contributed by atoms with Gasteiger partial charge in [0.1, 0.15) is 11.3 Å². The number of hydrogen-bond donors (Lipinski definition) is 1. The van der Waals surface area contributed by atoms with E-state index in [1.165, 1.54) is 0 Å². The first kappa shape index (κ1) is 13.8. The summed E-state index contributed by atoms with van der Waals surface area (Å²) in [5.41, 5.74) is 8.33. The third kappa shape index (κ3) is 3.04. The summed E-state index contributed by atoms with van der Waals surface area (Å²) < 4.78 is 5.76. The Morgan fingerprint density at radius 2 is 2.05 bits per heavy atom. The van der Waals surface area contributed by atoms with E-state index in [9.17, 15) is 0 Å². The number of hydrogen-bond acceptors (Lipinski definition) is 3. The normalized spacial score (nSPS) is 12.6. The van der Waals surface area contributed by atoms with Gasteiger partial charge in [-0.2, -0.15) is 0 Å². The number of fused-ring (bicyclic) bond motifs is 1. The molecule has 1 atom stereocenters. The molecule has 0 amide bonds. The van der Waals surface area contributed by atoms with E-state index >= 15 is 0 Å². The zero-order chi connectivity index (χ0) is 13.7. The maximum Gasteiger partial charge on any atom is 0.145 e. The smallest absolute Gasteiger partial charge is 0.145 e. The molecule has 0 bridgehead atoms. The molecule has 1 aromatic carbocycles. The summed E-state index contributed by atoms with van der Waals surface area (Å²) in [5.74, 6) is 0.852. The lowest BCUT2D eigenvalue weighted by Gasteiger charge is -2.15. The summed E-state index contributed by atoms with van der Waals surface area (Å²) >= 11 is 0. The van der Waals surface area contributed by atoms with Crippen molar-refractivity contribution in [2.75, 3.05) is 6.61 Å². The van der Waals surface area contributed by atoms with Crippen molar-refractivity contribution >= 4 is 10.9 Å². The fourth-order valence-electron chi connectivity index (χ4n) is 2.29. The molecule has 0 saturated heterocycles. The molecule has 0 saturated carbocycles. The van der Waals surface area contributed by atoms with E-state index in [0.717, 1.165) is 41.5 Å². The van der Waals surface area contributed by atoms with Gasteiger partial charge in [-0.3, -0.25) is 4.98 Å². The highest BCUT2D eigenvalue weighted by Crippen LogP contribution is 2.30. The first-order valence-electron chi connectivity index (χ1n) is 7.04. The highest BCUT2D eigenvalue weighted by molar-refractivity contribution is 5.87. The Morgan fingerprint density at radius 3 is 2.79 bits per heavy atom. The Morgan fingerprint density at radius 1 is 1.21 bits per heavy atom. The van der Waals surface area contributed by atoms with Crippen molar-refractivity contribution in [2.45, 2.75) is 39.2 Å². The van der Waals surface area contributed by atoms with Gasteiger partial charge in [-0.1, -0.05) is 32.4 Å². The molecule has 102 valence electrons. The van der Waals surface area contributed by atoms with Crippen LogP contribution in [0.2, 0.25) is 0 Å². The fraction of sp³-hybridized carbons (Fsp3) is 0.438. The van der Waals surface area contributed by atoms with Crippen LogP contribution < -0.4 is 10.5 Å². The van der Waals surface area contributed by atoms with Crippen molar-refractivity contribution in [1.29, 1.82) is 0 Å². The second-order valence-electron chi connectivity index (χ2n) is 4.80. The number of ether oxygens (including phenoxy) is 1. The highest BCUT2D eigenvalue weighted by atomic mass is 16.5. The third-order valence-corrected chi connectivity index (χ3v) is 3.23. The molecule has 1 aromatic heterocycles. The quantitative estimate of drug-likeness (QED) is 0.856. The predicted molar refractivity (Wildman–Crippen MR) is 79.4 cm³/mol. The van der Waals surface area contributed by atoms with E-state index < -0.39 is 0 Å². The van der Waals surface area contributed by atoms with Crippen LogP contribution in [0, 0.1) is 0 Å². The summed E-state index contributed by atoms with van der Waals surface area (Å²) in [5, 5.41) is 1.11. The molecular formula is C16H22N2O. The van der Waals surface area contributed by atoms with Crippen LogP contribution in [0.15, 0.2) is 30.5 Å². The number of nitrogens with two attached hydrogens (primary N) is 1. The van der Waals surface area contributed by atoms with Gasteiger partial charge in [0.05, 0.1) is 6.61 Å². The summed E-state index contributed by atoms with van der Waals surface area (Å²) in [4.78, 5) is 4.46.